The number of carbonyl (C=O) groups is 3. The van der Waals surface area contributed by atoms with E-state index in [-0.39, 0.29) is 41.8 Å². The van der Waals surface area contributed by atoms with Crippen molar-refractivity contribution >= 4 is 50.9 Å². The Morgan fingerprint density at radius 2 is 1.68 bits per heavy atom. The quantitative estimate of drug-likeness (QED) is 0.518. The molecule has 0 spiro atoms. The molecular formula is C27H29Cl2FN4O5S. The van der Waals surface area contributed by atoms with E-state index >= 15 is 0 Å². The number of sulfonamides is 1. The monoisotopic (exact) mass is 610 g/mol. The molecule has 3 amide bonds. The topological polar surface area (TPSA) is 107 Å². The zero-order valence-electron chi connectivity index (χ0n) is 21.9. The Bertz CT molecular complexity index is 1450. The van der Waals surface area contributed by atoms with Crippen LogP contribution in [0.1, 0.15) is 32.3 Å². The first-order valence-electron chi connectivity index (χ1n) is 13.0. The molecule has 214 valence electrons. The molecule has 2 aromatic carbocycles. The van der Waals surface area contributed by atoms with Crippen molar-refractivity contribution in [1.82, 2.24) is 19.4 Å². The maximum Gasteiger partial charge on any atom is 0.248 e. The van der Waals surface area contributed by atoms with E-state index in [0.29, 0.717) is 23.4 Å². The average molecular weight is 612 g/mol. The molecule has 1 aliphatic carbocycles. The van der Waals surface area contributed by atoms with Crippen LogP contribution in [0.25, 0.3) is 0 Å². The van der Waals surface area contributed by atoms with Crippen molar-refractivity contribution in [1.29, 1.82) is 0 Å². The minimum absolute atomic E-state index is 0.0201. The number of rotatable bonds is 7. The van der Waals surface area contributed by atoms with Crippen molar-refractivity contribution in [3.8, 4) is 0 Å². The van der Waals surface area contributed by atoms with Gasteiger partial charge in [0.2, 0.25) is 27.7 Å². The second-order valence-electron chi connectivity index (χ2n) is 10.6. The van der Waals surface area contributed by atoms with Gasteiger partial charge in [-0.1, -0.05) is 35.3 Å². The summed E-state index contributed by atoms with van der Waals surface area (Å²) in [6, 6.07) is 7.37. The Hall–Kier alpha value is -2.73. The molecule has 9 nitrogen and oxygen atoms in total. The van der Waals surface area contributed by atoms with E-state index in [2.05, 4.69) is 5.32 Å². The molecule has 2 aromatic rings. The summed E-state index contributed by atoms with van der Waals surface area (Å²) in [7, 11) is -4.58. The third kappa shape index (κ3) is 5.44. The lowest BCUT2D eigenvalue weighted by Gasteiger charge is -2.54. The van der Waals surface area contributed by atoms with Crippen LogP contribution in [0.4, 0.5) is 4.39 Å². The van der Waals surface area contributed by atoms with Gasteiger partial charge in [-0.15, -0.1) is 0 Å². The normalized spacial score (nSPS) is 23.9. The second-order valence-corrected chi connectivity index (χ2v) is 13.4. The van der Waals surface area contributed by atoms with Gasteiger partial charge in [-0.3, -0.25) is 14.4 Å². The minimum atomic E-state index is -4.58. The van der Waals surface area contributed by atoms with Crippen LogP contribution in [-0.4, -0.2) is 77.6 Å². The maximum absolute atomic E-state index is 14.9. The first-order chi connectivity index (χ1) is 18.9. The Morgan fingerprint density at radius 1 is 1.02 bits per heavy atom. The fraction of sp³-hybridized carbons (Fsp3) is 0.444. The molecule has 0 bridgehead atoms. The molecule has 3 atom stereocenters. The lowest BCUT2D eigenvalue weighted by Crippen LogP contribution is -2.76. The number of halogens is 3. The first kappa shape index (κ1) is 28.8. The van der Waals surface area contributed by atoms with Gasteiger partial charge in [0.15, 0.2) is 0 Å². The zero-order valence-corrected chi connectivity index (χ0v) is 24.2. The number of nitrogens with zero attached hydrogens (tertiary/aromatic N) is 3. The summed E-state index contributed by atoms with van der Waals surface area (Å²) in [4.78, 5) is 42.6. The van der Waals surface area contributed by atoms with E-state index in [4.69, 9.17) is 23.2 Å². The van der Waals surface area contributed by atoms with Gasteiger partial charge in [0, 0.05) is 35.0 Å². The van der Waals surface area contributed by atoms with Crippen LogP contribution in [0.15, 0.2) is 47.4 Å². The van der Waals surface area contributed by atoms with Crippen LogP contribution in [0.5, 0.6) is 0 Å². The number of fused-ring (bicyclic) bond motifs is 1. The molecule has 3 fully saturated rings. The number of carbonyl (C=O) groups excluding carboxylic acids is 3. The van der Waals surface area contributed by atoms with Crippen molar-refractivity contribution in [2.45, 2.75) is 62.3 Å². The first-order valence-corrected chi connectivity index (χ1v) is 15.2. The van der Waals surface area contributed by atoms with Gasteiger partial charge in [0.1, 0.15) is 29.0 Å². The lowest BCUT2D eigenvalue weighted by atomic mass is 9.96. The summed E-state index contributed by atoms with van der Waals surface area (Å²) in [5.41, 5.74) is 0.708. The molecule has 2 heterocycles. The fourth-order valence-electron chi connectivity index (χ4n) is 5.26. The number of nitrogens with one attached hydrogen (secondary N) is 1. The van der Waals surface area contributed by atoms with Crippen LogP contribution in [0.3, 0.4) is 0 Å². The third-order valence-corrected chi connectivity index (χ3v) is 9.91. The van der Waals surface area contributed by atoms with Crippen molar-refractivity contribution < 1.29 is 27.2 Å². The minimum Gasteiger partial charge on any atom is -0.343 e. The molecule has 2 aliphatic heterocycles. The highest BCUT2D eigenvalue weighted by Gasteiger charge is 2.54. The van der Waals surface area contributed by atoms with E-state index in [9.17, 15) is 27.2 Å². The fourth-order valence-corrected chi connectivity index (χ4v) is 7.30. The predicted molar refractivity (Wildman–Crippen MR) is 146 cm³/mol. The molecular weight excluding hydrogens is 582 g/mol. The summed E-state index contributed by atoms with van der Waals surface area (Å²) in [6.07, 6.45) is 0.304. The molecule has 3 aliphatic rings. The molecule has 0 radical (unpaired) electrons. The van der Waals surface area contributed by atoms with Crippen molar-refractivity contribution in [3.63, 3.8) is 0 Å². The Labute approximate surface area is 242 Å². The summed E-state index contributed by atoms with van der Waals surface area (Å²) in [5.74, 6) is -2.52. The van der Waals surface area contributed by atoms with Crippen molar-refractivity contribution in [2.75, 3.05) is 13.1 Å². The highest BCUT2D eigenvalue weighted by molar-refractivity contribution is 7.89. The van der Waals surface area contributed by atoms with Crippen LogP contribution >= 0.6 is 23.2 Å². The van der Waals surface area contributed by atoms with Crippen LogP contribution < -0.4 is 5.32 Å². The van der Waals surface area contributed by atoms with Gasteiger partial charge in [-0.05, 0) is 62.6 Å². The van der Waals surface area contributed by atoms with Crippen LogP contribution in [-0.2, 0) is 30.8 Å². The highest BCUT2D eigenvalue weighted by Crippen LogP contribution is 2.35. The van der Waals surface area contributed by atoms with Crippen LogP contribution in [0.2, 0.25) is 10.0 Å². The van der Waals surface area contributed by atoms with E-state index in [1.807, 2.05) is 0 Å². The molecule has 0 aromatic heterocycles. The maximum atomic E-state index is 14.9. The smallest absolute Gasteiger partial charge is 0.248 e. The summed E-state index contributed by atoms with van der Waals surface area (Å²) < 4.78 is 44.0. The number of hydrogen-bond acceptors (Lipinski definition) is 5. The second kappa shape index (κ2) is 10.9. The lowest BCUT2D eigenvalue weighted by molar-refractivity contribution is -0.169. The van der Waals surface area contributed by atoms with Gasteiger partial charge < -0.3 is 15.1 Å². The number of benzene rings is 2. The highest BCUT2D eigenvalue weighted by atomic mass is 35.5. The largest absolute Gasteiger partial charge is 0.343 e. The van der Waals surface area contributed by atoms with Gasteiger partial charge in [0.05, 0.1) is 6.54 Å². The molecule has 40 heavy (non-hydrogen) atoms. The predicted octanol–water partition coefficient (Wildman–Crippen LogP) is 3.05. The van der Waals surface area contributed by atoms with E-state index in [0.717, 1.165) is 16.4 Å². The average Bonchev–Trinajstić information content (AvgIpc) is 3.75. The molecule has 13 heteroatoms. The standard InChI is InChI=1S/C27H29Cl2FN4O5S/c1-15(2)32-14-24-33(40(38,39)23-12-19(29)9-10-20(23)30)13-21(31-25(35)17-5-6-17)26(36)34(24)22(27(32)37)11-16-3-7-18(28)8-4-16/h3-4,7-10,12,15,17,21-22,24H,5-6,11,13-14H2,1-2H3,(H,31,35). The summed E-state index contributed by atoms with van der Waals surface area (Å²) in [5, 5.41) is 3.20. The van der Waals surface area contributed by atoms with Crippen LogP contribution in [0, 0.1) is 11.7 Å². The van der Waals surface area contributed by atoms with Crippen molar-refractivity contribution in [3.05, 3.63) is 63.9 Å². The molecule has 3 unspecified atom stereocenters. The number of hydrogen-bond donors (Lipinski definition) is 1. The number of amides is 3. The Kier molecular flexibility index (Phi) is 7.86. The van der Waals surface area contributed by atoms with E-state index in [1.165, 1.54) is 15.9 Å². The van der Waals surface area contributed by atoms with Crippen molar-refractivity contribution in [2.24, 2.45) is 5.92 Å². The summed E-state index contributed by atoms with van der Waals surface area (Å²) >= 11 is 12.1. The van der Waals surface area contributed by atoms with E-state index in [1.54, 1.807) is 38.1 Å². The van der Waals surface area contributed by atoms with Gasteiger partial charge in [0.25, 0.3) is 0 Å². The van der Waals surface area contributed by atoms with E-state index < -0.39 is 51.4 Å². The third-order valence-electron chi connectivity index (χ3n) is 7.54. The van der Waals surface area contributed by atoms with Gasteiger partial charge in [-0.25, -0.2) is 12.8 Å². The SMILES string of the molecule is CC(C)N1CC2N(C(=O)C(NC(=O)C3CC3)CN2S(=O)(=O)c2cc(Cl)ccc2F)C(Cc2ccc(Cl)cc2)C1=O. The Balaban J connectivity index is 1.61. The summed E-state index contributed by atoms with van der Waals surface area (Å²) in [6.45, 7) is 3.06. The number of piperazine rings is 1. The van der Waals surface area contributed by atoms with Gasteiger partial charge >= 0.3 is 0 Å². The Morgan fingerprint density at radius 3 is 2.30 bits per heavy atom. The molecule has 1 saturated carbocycles. The molecule has 1 N–H and O–H groups in total. The van der Waals surface area contributed by atoms with Gasteiger partial charge in [-0.2, -0.15) is 4.31 Å². The zero-order chi connectivity index (χ0) is 28.9. The molecule has 2 saturated heterocycles. The molecule has 5 rings (SSSR count).